The van der Waals surface area contributed by atoms with Crippen molar-refractivity contribution in [3.63, 3.8) is 0 Å². The summed E-state index contributed by atoms with van der Waals surface area (Å²) in [6, 6.07) is 14.2. The molecular formula is C22H18ClN3O3. The van der Waals surface area contributed by atoms with Gasteiger partial charge < -0.3 is 4.74 Å². The van der Waals surface area contributed by atoms with E-state index >= 15 is 0 Å². The molecule has 1 aliphatic rings. The molecule has 2 aromatic carbocycles. The fourth-order valence-electron chi connectivity index (χ4n) is 3.39. The first-order chi connectivity index (χ1) is 14.0. The molecule has 0 saturated heterocycles. The zero-order valence-electron chi connectivity index (χ0n) is 15.7. The maximum atomic E-state index is 12.6. The van der Waals surface area contributed by atoms with E-state index in [1.807, 2.05) is 24.3 Å². The third kappa shape index (κ3) is 4.12. The SMILES string of the molecule is COc1ccc(C2CC(=O)c3cnc(NC(=O)c4ccc(Cl)cc4)nc3C2)cc1. The number of fused-ring (bicyclic) bond motifs is 1. The minimum absolute atomic E-state index is 0.00245. The van der Waals surface area contributed by atoms with Gasteiger partial charge >= 0.3 is 0 Å². The number of methoxy groups -OCH3 is 1. The van der Waals surface area contributed by atoms with Crippen LogP contribution in [-0.2, 0) is 6.42 Å². The van der Waals surface area contributed by atoms with Crippen molar-refractivity contribution in [1.82, 2.24) is 9.97 Å². The number of carbonyl (C=O) groups excluding carboxylic acids is 2. The highest BCUT2D eigenvalue weighted by Gasteiger charge is 2.28. The van der Waals surface area contributed by atoms with Crippen molar-refractivity contribution in [2.24, 2.45) is 0 Å². The average Bonchev–Trinajstić information content (AvgIpc) is 2.74. The van der Waals surface area contributed by atoms with Crippen LogP contribution in [0.15, 0.2) is 54.7 Å². The van der Waals surface area contributed by atoms with Gasteiger partial charge in [-0.25, -0.2) is 9.97 Å². The number of ketones is 1. The van der Waals surface area contributed by atoms with Crippen LogP contribution >= 0.6 is 11.6 Å². The summed E-state index contributed by atoms with van der Waals surface area (Å²) in [4.78, 5) is 33.5. The zero-order chi connectivity index (χ0) is 20.4. The van der Waals surface area contributed by atoms with E-state index < -0.39 is 0 Å². The van der Waals surface area contributed by atoms with Gasteiger partial charge in [0.1, 0.15) is 5.75 Å². The van der Waals surface area contributed by atoms with Crippen LogP contribution in [0.5, 0.6) is 5.75 Å². The molecule has 1 aromatic heterocycles. The summed E-state index contributed by atoms with van der Waals surface area (Å²) < 4.78 is 5.19. The summed E-state index contributed by atoms with van der Waals surface area (Å²) in [6.45, 7) is 0. The molecule has 0 fully saturated rings. The van der Waals surface area contributed by atoms with Crippen LogP contribution in [0.4, 0.5) is 5.95 Å². The van der Waals surface area contributed by atoms with E-state index in [0.717, 1.165) is 11.3 Å². The number of hydrogen-bond donors (Lipinski definition) is 1. The lowest BCUT2D eigenvalue weighted by atomic mass is 9.82. The number of nitrogens with zero attached hydrogens (tertiary/aromatic N) is 2. The average molecular weight is 408 g/mol. The van der Waals surface area contributed by atoms with Crippen LogP contribution in [-0.4, -0.2) is 28.8 Å². The second-order valence-electron chi connectivity index (χ2n) is 6.82. The molecule has 1 heterocycles. The quantitative estimate of drug-likeness (QED) is 0.697. The molecule has 29 heavy (non-hydrogen) atoms. The van der Waals surface area contributed by atoms with Gasteiger partial charge in [-0.2, -0.15) is 0 Å². The van der Waals surface area contributed by atoms with Gasteiger partial charge in [0.25, 0.3) is 5.91 Å². The van der Waals surface area contributed by atoms with Crippen LogP contribution in [0.3, 0.4) is 0 Å². The first-order valence-electron chi connectivity index (χ1n) is 9.13. The predicted octanol–water partition coefficient (Wildman–Crippen LogP) is 4.30. The topological polar surface area (TPSA) is 81.2 Å². The van der Waals surface area contributed by atoms with Crippen molar-refractivity contribution in [3.05, 3.63) is 82.1 Å². The van der Waals surface area contributed by atoms with Gasteiger partial charge in [-0.05, 0) is 54.3 Å². The number of nitrogens with one attached hydrogen (secondary N) is 1. The number of benzene rings is 2. The summed E-state index contributed by atoms with van der Waals surface area (Å²) in [7, 11) is 1.62. The third-order valence-corrected chi connectivity index (χ3v) is 5.21. The minimum atomic E-state index is -0.338. The van der Waals surface area contributed by atoms with Crippen molar-refractivity contribution in [1.29, 1.82) is 0 Å². The summed E-state index contributed by atoms with van der Waals surface area (Å²) >= 11 is 5.86. The van der Waals surface area contributed by atoms with Gasteiger partial charge in [0.2, 0.25) is 5.95 Å². The van der Waals surface area contributed by atoms with E-state index in [-0.39, 0.29) is 23.6 Å². The second kappa shape index (κ2) is 8.01. The number of anilines is 1. The van der Waals surface area contributed by atoms with Crippen molar-refractivity contribution < 1.29 is 14.3 Å². The Morgan fingerprint density at radius 1 is 1.10 bits per heavy atom. The number of aromatic nitrogens is 2. The van der Waals surface area contributed by atoms with Crippen LogP contribution in [0.1, 0.15) is 44.3 Å². The highest BCUT2D eigenvalue weighted by Crippen LogP contribution is 2.32. The van der Waals surface area contributed by atoms with Crippen molar-refractivity contribution in [3.8, 4) is 5.75 Å². The molecule has 1 amide bonds. The molecule has 146 valence electrons. The number of Topliss-reactive ketones (excluding diaryl/α,β-unsaturated/α-hetero) is 1. The molecule has 1 N–H and O–H groups in total. The fourth-order valence-corrected chi connectivity index (χ4v) is 3.52. The molecule has 0 aliphatic heterocycles. The number of carbonyl (C=O) groups is 2. The van der Waals surface area contributed by atoms with Crippen molar-refractivity contribution in [2.75, 3.05) is 12.4 Å². The Hall–Kier alpha value is -3.25. The molecular weight excluding hydrogens is 390 g/mol. The first-order valence-corrected chi connectivity index (χ1v) is 9.51. The standard InChI is InChI=1S/C22H18ClN3O3/c1-29-17-8-4-13(5-9-17)15-10-19-18(20(27)11-15)12-24-22(25-19)26-21(28)14-2-6-16(23)7-3-14/h2-9,12,15H,10-11H2,1H3,(H,24,25,26,28). The van der Waals surface area contributed by atoms with Crippen LogP contribution in [0.25, 0.3) is 0 Å². The zero-order valence-corrected chi connectivity index (χ0v) is 16.4. The van der Waals surface area contributed by atoms with Crippen LogP contribution < -0.4 is 10.1 Å². The smallest absolute Gasteiger partial charge is 0.258 e. The van der Waals surface area contributed by atoms with Gasteiger partial charge in [0.15, 0.2) is 5.78 Å². The Kier molecular flexibility index (Phi) is 5.27. The van der Waals surface area contributed by atoms with Gasteiger partial charge in [-0.3, -0.25) is 14.9 Å². The largest absolute Gasteiger partial charge is 0.497 e. The Morgan fingerprint density at radius 3 is 2.52 bits per heavy atom. The summed E-state index contributed by atoms with van der Waals surface area (Å²) in [5.41, 5.74) is 2.65. The summed E-state index contributed by atoms with van der Waals surface area (Å²) in [5, 5.41) is 3.23. The number of ether oxygens (including phenoxy) is 1. The van der Waals surface area contributed by atoms with E-state index in [4.69, 9.17) is 16.3 Å². The Bertz CT molecular complexity index is 1070. The molecule has 0 spiro atoms. The Balaban J connectivity index is 1.55. The van der Waals surface area contributed by atoms with Gasteiger partial charge in [0.05, 0.1) is 18.4 Å². The number of amides is 1. The normalized spacial score (nSPS) is 15.5. The molecule has 3 aromatic rings. The number of halogens is 1. The fraction of sp³-hybridized carbons (Fsp3) is 0.182. The predicted molar refractivity (Wildman–Crippen MR) is 110 cm³/mol. The van der Waals surface area contributed by atoms with Gasteiger partial charge in [0, 0.05) is 23.2 Å². The molecule has 0 bridgehead atoms. The lowest BCUT2D eigenvalue weighted by Gasteiger charge is -2.23. The Labute approximate surface area is 172 Å². The monoisotopic (exact) mass is 407 g/mol. The highest BCUT2D eigenvalue weighted by molar-refractivity contribution is 6.30. The molecule has 4 rings (SSSR count). The molecule has 1 aliphatic carbocycles. The maximum absolute atomic E-state index is 12.6. The molecule has 1 atom stereocenters. The van der Waals surface area contributed by atoms with Crippen molar-refractivity contribution in [2.45, 2.75) is 18.8 Å². The summed E-state index contributed by atoms with van der Waals surface area (Å²) in [6.07, 6.45) is 2.49. The molecule has 0 saturated carbocycles. The minimum Gasteiger partial charge on any atom is -0.497 e. The lowest BCUT2D eigenvalue weighted by Crippen LogP contribution is -2.22. The van der Waals surface area contributed by atoms with Gasteiger partial charge in [-0.15, -0.1) is 0 Å². The molecule has 0 radical (unpaired) electrons. The summed E-state index contributed by atoms with van der Waals surface area (Å²) in [5.74, 6) is 0.631. The third-order valence-electron chi connectivity index (χ3n) is 4.96. The lowest BCUT2D eigenvalue weighted by molar-refractivity contribution is 0.0962. The van der Waals surface area contributed by atoms with E-state index in [0.29, 0.717) is 34.7 Å². The van der Waals surface area contributed by atoms with Gasteiger partial charge in [-0.1, -0.05) is 23.7 Å². The molecule has 7 heteroatoms. The molecule has 6 nitrogen and oxygen atoms in total. The number of rotatable bonds is 4. The van der Waals surface area contributed by atoms with E-state index in [2.05, 4.69) is 15.3 Å². The Morgan fingerprint density at radius 2 is 1.83 bits per heavy atom. The highest BCUT2D eigenvalue weighted by atomic mass is 35.5. The second-order valence-corrected chi connectivity index (χ2v) is 7.25. The van der Waals surface area contributed by atoms with E-state index in [1.165, 1.54) is 6.20 Å². The van der Waals surface area contributed by atoms with Crippen molar-refractivity contribution >= 4 is 29.2 Å². The van der Waals surface area contributed by atoms with Crippen LogP contribution in [0.2, 0.25) is 5.02 Å². The number of hydrogen-bond acceptors (Lipinski definition) is 5. The maximum Gasteiger partial charge on any atom is 0.258 e. The van der Waals surface area contributed by atoms with E-state index in [1.54, 1.807) is 31.4 Å². The first kappa shape index (κ1) is 19.1. The van der Waals surface area contributed by atoms with E-state index in [9.17, 15) is 9.59 Å². The molecule has 1 unspecified atom stereocenters. The van der Waals surface area contributed by atoms with Crippen LogP contribution in [0, 0.1) is 0 Å².